The van der Waals surface area contributed by atoms with Gasteiger partial charge >= 0.3 is 0 Å². The lowest BCUT2D eigenvalue weighted by atomic mass is 10.1. The van der Waals surface area contributed by atoms with Crippen LogP contribution >= 0.6 is 0 Å². The highest BCUT2D eigenvalue weighted by atomic mass is 35.5. The molecule has 0 saturated heterocycles. The maximum absolute atomic E-state index is 9.41. The highest BCUT2D eigenvalue weighted by molar-refractivity contribution is 4.47. The number of rotatable bonds is 15. The molecule has 0 heterocycles. The Balaban J connectivity index is 0. The van der Waals surface area contributed by atoms with Crippen molar-refractivity contribution in [1.29, 1.82) is 0 Å². The van der Waals surface area contributed by atoms with Gasteiger partial charge in [-0.2, -0.15) is 0 Å². The topological polar surface area (TPSA) is 29.5 Å². The van der Waals surface area contributed by atoms with Gasteiger partial charge in [-0.15, -0.1) is 0 Å². The van der Waals surface area contributed by atoms with Crippen LogP contribution in [0.15, 0.2) is 0 Å². The van der Waals surface area contributed by atoms with E-state index in [4.69, 9.17) is 4.74 Å². The molecule has 0 fully saturated rings. The van der Waals surface area contributed by atoms with Gasteiger partial charge in [0.25, 0.3) is 0 Å². The summed E-state index contributed by atoms with van der Waals surface area (Å²) in [5.41, 5.74) is 0. The molecule has 0 aliphatic rings. The van der Waals surface area contributed by atoms with Crippen LogP contribution in [0.2, 0.25) is 0 Å². The molecule has 4 heteroatoms. The van der Waals surface area contributed by atoms with Crippen molar-refractivity contribution in [3.63, 3.8) is 0 Å². The molecule has 0 amide bonds. The zero-order valence-corrected chi connectivity index (χ0v) is 16.2. The molecule has 0 radical (unpaired) electrons. The Hall–Kier alpha value is 0.170. The Labute approximate surface area is 145 Å². The first kappa shape index (κ1) is 24.4. The first-order chi connectivity index (χ1) is 9.98. The van der Waals surface area contributed by atoms with Crippen LogP contribution in [0.1, 0.15) is 78.1 Å². The second-order valence-electron chi connectivity index (χ2n) is 7.19. The minimum absolute atomic E-state index is 0. The summed E-state index contributed by atoms with van der Waals surface area (Å²) >= 11 is 0. The highest BCUT2D eigenvalue weighted by Gasteiger charge is 2.17. The van der Waals surface area contributed by atoms with E-state index in [0.717, 1.165) is 17.6 Å². The maximum Gasteiger partial charge on any atom is 0.182 e. The van der Waals surface area contributed by atoms with Crippen molar-refractivity contribution in [2.45, 2.75) is 84.2 Å². The van der Waals surface area contributed by atoms with Crippen molar-refractivity contribution in [3.8, 4) is 0 Å². The van der Waals surface area contributed by atoms with Crippen LogP contribution < -0.4 is 12.4 Å². The molecule has 0 aromatic heterocycles. The number of halogens is 1. The normalized spacial score (nSPS) is 13.0. The zero-order chi connectivity index (χ0) is 16.0. The average molecular weight is 338 g/mol. The summed E-state index contributed by atoms with van der Waals surface area (Å²) in [5, 5.41) is 9.41. The number of nitrogens with zero attached hydrogens (tertiary/aromatic N) is 1. The number of likely N-dealkylation sites (N-methyl/N-ethyl adjacent to an activating group) is 1. The summed E-state index contributed by atoms with van der Waals surface area (Å²) in [5.74, 6) is 0. The minimum Gasteiger partial charge on any atom is -1.00 e. The van der Waals surface area contributed by atoms with Gasteiger partial charge in [-0.05, 0) is 13.3 Å². The fourth-order valence-corrected chi connectivity index (χ4v) is 2.77. The molecule has 0 bridgehead atoms. The van der Waals surface area contributed by atoms with E-state index >= 15 is 0 Å². The number of unbranched alkanes of at least 4 members (excludes halogenated alkanes) is 9. The molecule has 0 aliphatic heterocycles. The maximum atomic E-state index is 9.41. The molecule has 1 N–H and O–H groups in total. The molecule has 1 atom stereocenters. The molecule has 0 saturated carbocycles. The van der Waals surface area contributed by atoms with Crippen molar-refractivity contribution < 1.29 is 26.7 Å². The summed E-state index contributed by atoms with van der Waals surface area (Å²) in [6.45, 7) is 6.41. The van der Waals surface area contributed by atoms with E-state index in [1.165, 1.54) is 64.2 Å². The summed E-state index contributed by atoms with van der Waals surface area (Å²) in [4.78, 5) is 0. The first-order valence-corrected chi connectivity index (χ1v) is 9.06. The zero-order valence-electron chi connectivity index (χ0n) is 15.5. The van der Waals surface area contributed by atoms with Crippen LogP contribution in [0, 0.1) is 0 Å². The molecule has 1 unspecified atom stereocenters. The highest BCUT2D eigenvalue weighted by Crippen LogP contribution is 2.10. The third-order valence-electron chi connectivity index (χ3n) is 3.84. The van der Waals surface area contributed by atoms with Crippen molar-refractivity contribution in [1.82, 2.24) is 0 Å². The minimum atomic E-state index is -0.263. The quantitative estimate of drug-likeness (QED) is 0.278. The summed E-state index contributed by atoms with van der Waals surface area (Å²) in [6, 6.07) is 0. The standard InChI is InChI=1S/C18H40NO2.ClH/c1-5-6-7-8-9-10-11-12-13-14-15-21-17-19(3,4)16-18(2)20;/h18,20H,5-17H2,1-4H3;1H/q+1;/p-1. The van der Waals surface area contributed by atoms with Crippen LogP contribution in [0.5, 0.6) is 0 Å². The Morgan fingerprint density at radius 3 is 1.77 bits per heavy atom. The van der Waals surface area contributed by atoms with Crippen LogP contribution in [-0.2, 0) is 4.74 Å². The molecule has 0 aromatic carbocycles. The Morgan fingerprint density at radius 2 is 1.32 bits per heavy atom. The average Bonchev–Trinajstić information content (AvgIpc) is 2.38. The van der Waals surface area contributed by atoms with E-state index in [2.05, 4.69) is 21.0 Å². The number of quaternary nitrogens is 1. The molecule has 0 rings (SSSR count). The molecule has 3 nitrogen and oxygen atoms in total. The van der Waals surface area contributed by atoms with Gasteiger partial charge in [0, 0.05) is 0 Å². The van der Waals surface area contributed by atoms with E-state index < -0.39 is 0 Å². The second kappa shape index (κ2) is 16.0. The lowest BCUT2D eigenvalue weighted by Gasteiger charge is -2.30. The van der Waals surface area contributed by atoms with Crippen LogP contribution in [-0.4, -0.2) is 49.7 Å². The van der Waals surface area contributed by atoms with E-state index in [-0.39, 0.29) is 18.5 Å². The van der Waals surface area contributed by atoms with Gasteiger partial charge in [-0.1, -0.05) is 64.7 Å². The van der Waals surface area contributed by atoms with Crippen molar-refractivity contribution in [2.75, 3.05) is 34.0 Å². The van der Waals surface area contributed by atoms with Crippen molar-refractivity contribution in [3.05, 3.63) is 0 Å². The SMILES string of the molecule is CCCCCCCCCCCCOC[N+](C)(C)CC(C)O.[Cl-]. The third-order valence-corrected chi connectivity index (χ3v) is 3.84. The smallest absolute Gasteiger partial charge is 0.182 e. The molecule has 0 aliphatic carbocycles. The van der Waals surface area contributed by atoms with E-state index in [1.807, 2.05) is 6.92 Å². The lowest BCUT2D eigenvalue weighted by molar-refractivity contribution is -0.912. The third kappa shape index (κ3) is 18.2. The fraction of sp³-hybridized carbons (Fsp3) is 1.00. The molecule has 136 valence electrons. The molecule has 22 heavy (non-hydrogen) atoms. The Morgan fingerprint density at radius 1 is 0.864 bits per heavy atom. The monoisotopic (exact) mass is 337 g/mol. The van der Waals surface area contributed by atoms with Crippen molar-refractivity contribution >= 4 is 0 Å². The number of aliphatic hydroxyl groups is 1. The van der Waals surface area contributed by atoms with Gasteiger partial charge in [0.15, 0.2) is 6.73 Å². The molecule has 0 aromatic rings. The van der Waals surface area contributed by atoms with Gasteiger partial charge in [0.05, 0.1) is 20.7 Å². The van der Waals surface area contributed by atoms with Crippen LogP contribution in [0.25, 0.3) is 0 Å². The van der Waals surface area contributed by atoms with Gasteiger partial charge < -0.3 is 26.7 Å². The van der Waals surface area contributed by atoms with Crippen molar-refractivity contribution in [2.24, 2.45) is 0 Å². The Kier molecular flexibility index (Phi) is 17.8. The van der Waals surface area contributed by atoms with Gasteiger partial charge in [-0.25, -0.2) is 0 Å². The molecule has 0 spiro atoms. The molecular weight excluding hydrogens is 298 g/mol. The van der Waals surface area contributed by atoms with Gasteiger partial charge in [-0.3, -0.25) is 0 Å². The second-order valence-corrected chi connectivity index (χ2v) is 7.19. The van der Waals surface area contributed by atoms with Crippen LogP contribution in [0.4, 0.5) is 0 Å². The van der Waals surface area contributed by atoms with Crippen LogP contribution in [0.3, 0.4) is 0 Å². The number of ether oxygens (including phenoxy) is 1. The largest absolute Gasteiger partial charge is 1.00 e. The Bertz CT molecular complexity index is 223. The van der Waals surface area contributed by atoms with Gasteiger partial charge in [0.2, 0.25) is 0 Å². The number of hydrogen-bond acceptors (Lipinski definition) is 2. The van der Waals surface area contributed by atoms with Gasteiger partial charge in [0.1, 0.15) is 12.6 Å². The van der Waals surface area contributed by atoms with E-state index in [9.17, 15) is 5.11 Å². The predicted octanol–water partition coefficient (Wildman–Crippen LogP) is 1.34. The summed E-state index contributed by atoms with van der Waals surface area (Å²) < 4.78 is 6.46. The lowest BCUT2D eigenvalue weighted by Crippen LogP contribution is -3.00. The van der Waals surface area contributed by atoms with E-state index in [1.54, 1.807) is 0 Å². The van der Waals surface area contributed by atoms with E-state index in [0.29, 0.717) is 6.73 Å². The summed E-state index contributed by atoms with van der Waals surface area (Å²) in [7, 11) is 4.20. The number of hydrogen-bond donors (Lipinski definition) is 1. The predicted molar refractivity (Wildman–Crippen MR) is 91.3 cm³/mol. The first-order valence-electron chi connectivity index (χ1n) is 9.06. The number of aliphatic hydroxyl groups excluding tert-OH is 1. The summed E-state index contributed by atoms with van der Waals surface area (Å²) in [6.07, 6.45) is 13.3. The molecular formula is C18H40ClNO2. The fourth-order valence-electron chi connectivity index (χ4n) is 2.77.